The predicted molar refractivity (Wildman–Crippen MR) is 121 cm³/mol. The van der Waals surface area contributed by atoms with Crippen LogP contribution < -0.4 is 16.4 Å². The molecule has 0 radical (unpaired) electrons. The van der Waals surface area contributed by atoms with Crippen molar-refractivity contribution in [3.8, 4) is 6.07 Å². The maximum Gasteiger partial charge on any atom is 0.246 e. The summed E-state index contributed by atoms with van der Waals surface area (Å²) >= 11 is 0. The van der Waals surface area contributed by atoms with Gasteiger partial charge in [0.2, 0.25) is 17.7 Å². The fraction of sp³-hybridized carbons (Fsp3) is 0.583. The second-order valence-corrected chi connectivity index (χ2v) is 10.8. The van der Waals surface area contributed by atoms with E-state index in [2.05, 4.69) is 24.5 Å². The van der Waals surface area contributed by atoms with Gasteiger partial charge in [-0.15, -0.1) is 0 Å². The lowest BCUT2D eigenvalue weighted by molar-refractivity contribution is -0.144. The van der Waals surface area contributed by atoms with Crippen molar-refractivity contribution in [1.82, 2.24) is 10.2 Å². The van der Waals surface area contributed by atoms with Crippen LogP contribution in [0, 0.1) is 39.8 Å². The van der Waals surface area contributed by atoms with Crippen LogP contribution in [0.1, 0.15) is 47.1 Å². The van der Waals surface area contributed by atoms with Crippen molar-refractivity contribution in [1.29, 1.82) is 5.26 Å². The summed E-state index contributed by atoms with van der Waals surface area (Å²) in [6.45, 7) is 11.6. The molecule has 178 valence electrons. The van der Waals surface area contributed by atoms with Crippen LogP contribution in [0.5, 0.6) is 0 Å². The number of piperidine rings is 1. The lowest BCUT2D eigenvalue weighted by atomic mass is 9.85. The molecule has 1 aromatic rings. The highest BCUT2D eigenvalue weighted by molar-refractivity contribution is 5.94. The number of carbonyl (C=O) groups is 3. The Kier molecular flexibility index (Phi) is 6.18. The Balaban J connectivity index is 1.74. The highest BCUT2D eigenvalue weighted by Gasteiger charge is 2.69. The number of nitrogens with zero attached hydrogens (tertiary/aromatic N) is 2. The van der Waals surface area contributed by atoms with Gasteiger partial charge in [0.15, 0.2) is 0 Å². The number of carbonyl (C=O) groups excluding carboxylic acids is 3. The molecule has 1 heterocycles. The van der Waals surface area contributed by atoms with Crippen LogP contribution in [0.25, 0.3) is 0 Å². The highest BCUT2D eigenvalue weighted by atomic mass is 19.1. The van der Waals surface area contributed by atoms with Gasteiger partial charge in [-0.2, -0.15) is 5.26 Å². The lowest BCUT2D eigenvalue weighted by Crippen LogP contribution is -2.60. The third-order valence-corrected chi connectivity index (χ3v) is 7.05. The Bertz CT molecular complexity index is 1030. The minimum atomic E-state index is -0.900. The van der Waals surface area contributed by atoms with E-state index in [-0.39, 0.29) is 34.4 Å². The number of amides is 3. The number of fused-ring (bicyclic) bond motifs is 1. The van der Waals surface area contributed by atoms with Crippen molar-refractivity contribution >= 4 is 23.4 Å². The summed E-state index contributed by atoms with van der Waals surface area (Å²) in [6.07, 6.45) is 0. The molecule has 2 fully saturated rings. The predicted octanol–water partition coefficient (Wildman–Crippen LogP) is 2.00. The average Bonchev–Trinajstić information content (AvgIpc) is 3.06. The van der Waals surface area contributed by atoms with Gasteiger partial charge in [-0.05, 0) is 47.8 Å². The van der Waals surface area contributed by atoms with Crippen molar-refractivity contribution in [2.24, 2.45) is 28.4 Å². The molecular weight excluding hydrogens is 425 g/mol. The summed E-state index contributed by atoms with van der Waals surface area (Å²) < 4.78 is 14.2. The molecule has 1 aliphatic heterocycles. The van der Waals surface area contributed by atoms with Gasteiger partial charge in [-0.25, -0.2) is 4.39 Å². The van der Waals surface area contributed by atoms with Crippen molar-refractivity contribution in [3.05, 3.63) is 29.6 Å². The number of nitrogens with two attached hydrogens (primary N) is 1. The fourth-order valence-corrected chi connectivity index (χ4v) is 4.92. The standard InChI is InChI=1S/C24H32FN5O3/c1-12(28-16-8-7-13(10-26)9-15(16)25)21(32)29-19(23(2,3)4)22(33)30-11-14-17(24(14,5)6)18(30)20(27)31/h7-9,12,14,17-19,28H,11H2,1-6H3,(H2,27,31)(H,29,32)/t12-,14?,17?,18?,19+/m0/s1. The van der Waals surface area contributed by atoms with Crippen molar-refractivity contribution in [2.45, 2.75) is 59.7 Å². The molecule has 9 heteroatoms. The Labute approximate surface area is 193 Å². The summed E-state index contributed by atoms with van der Waals surface area (Å²) in [6, 6.07) is 3.32. The van der Waals surface area contributed by atoms with Gasteiger partial charge in [0.1, 0.15) is 23.9 Å². The number of rotatable bonds is 6. The SMILES string of the molecule is C[C@H](Nc1ccc(C#N)cc1F)C(=O)N[C@H](C(=O)N1CC2C(C1C(N)=O)C2(C)C)C(C)(C)C. The first kappa shape index (κ1) is 24.5. The van der Waals surface area contributed by atoms with Crippen LogP contribution in [0.4, 0.5) is 10.1 Å². The molecule has 2 aliphatic rings. The van der Waals surface area contributed by atoms with Crippen LogP contribution in [0.15, 0.2) is 18.2 Å². The molecule has 5 atom stereocenters. The second-order valence-electron chi connectivity index (χ2n) is 10.8. The zero-order valence-electron chi connectivity index (χ0n) is 19.9. The molecule has 4 N–H and O–H groups in total. The third-order valence-electron chi connectivity index (χ3n) is 7.05. The number of primary amides is 1. The number of likely N-dealkylation sites (tertiary alicyclic amines) is 1. The molecule has 1 aromatic carbocycles. The normalized spacial score (nSPS) is 24.8. The van der Waals surface area contributed by atoms with Gasteiger partial charge in [0, 0.05) is 6.54 Å². The molecule has 3 unspecified atom stereocenters. The zero-order chi connectivity index (χ0) is 24.9. The summed E-state index contributed by atoms with van der Waals surface area (Å²) in [5, 5.41) is 14.4. The zero-order valence-corrected chi connectivity index (χ0v) is 19.9. The number of benzene rings is 1. The quantitative estimate of drug-likeness (QED) is 0.602. The third kappa shape index (κ3) is 4.52. The molecule has 0 aromatic heterocycles. The Morgan fingerprint density at radius 2 is 1.94 bits per heavy atom. The molecule has 3 rings (SSSR count). The summed E-state index contributed by atoms with van der Waals surface area (Å²) in [5.41, 5.74) is 5.22. The van der Waals surface area contributed by atoms with Crippen LogP contribution in [-0.2, 0) is 14.4 Å². The number of anilines is 1. The summed E-state index contributed by atoms with van der Waals surface area (Å²) in [4.78, 5) is 40.2. The van der Waals surface area contributed by atoms with Gasteiger partial charge >= 0.3 is 0 Å². The van der Waals surface area contributed by atoms with E-state index in [1.54, 1.807) is 6.92 Å². The van der Waals surface area contributed by atoms with Crippen molar-refractivity contribution in [3.63, 3.8) is 0 Å². The Morgan fingerprint density at radius 3 is 2.45 bits per heavy atom. The molecule has 8 nitrogen and oxygen atoms in total. The van der Waals surface area contributed by atoms with Gasteiger partial charge in [0.25, 0.3) is 0 Å². The largest absolute Gasteiger partial charge is 0.372 e. The van der Waals surface area contributed by atoms with Gasteiger partial charge in [-0.3, -0.25) is 14.4 Å². The highest BCUT2D eigenvalue weighted by Crippen LogP contribution is 2.64. The number of hydrogen-bond acceptors (Lipinski definition) is 5. The van der Waals surface area contributed by atoms with Crippen LogP contribution in [0.2, 0.25) is 0 Å². The van der Waals surface area contributed by atoms with Crippen molar-refractivity contribution in [2.75, 3.05) is 11.9 Å². The summed E-state index contributed by atoms with van der Waals surface area (Å²) in [7, 11) is 0. The van der Waals surface area contributed by atoms with E-state index < -0.39 is 41.2 Å². The van der Waals surface area contributed by atoms with E-state index in [0.717, 1.165) is 6.07 Å². The van der Waals surface area contributed by atoms with E-state index in [9.17, 15) is 18.8 Å². The maximum absolute atomic E-state index is 14.2. The number of halogens is 1. The molecule has 0 spiro atoms. The molecule has 0 bridgehead atoms. The average molecular weight is 458 g/mol. The van der Waals surface area contributed by atoms with Gasteiger partial charge < -0.3 is 21.3 Å². The number of nitriles is 1. The fourth-order valence-electron chi connectivity index (χ4n) is 4.92. The molecule has 33 heavy (non-hydrogen) atoms. The molecule has 1 saturated heterocycles. The van der Waals surface area contributed by atoms with Crippen LogP contribution in [-0.4, -0.2) is 47.3 Å². The molecule has 3 amide bonds. The Hall–Kier alpha value is -3.15. The first-order chi connectivity index (χ1) is 15.2. The smallest absolute Gasteiger partial charge is 0.246 e. The number of hydrogen-bond donors (Lipinski definition) is 3. The van der Waals surface area contributed by atoms with E-state index in [1.165, 1.54) is 17.0 Å². The monoisotopic (exact) mass is 457 g/mol. The van der Waals surface area contributed by atoms with Crippen molar-refractivity contribution < 1.29 is 18.8 Å². The van der Waals surface area contributed by atoms with Gasteiger partial charge in [-0.1, -0.05) is 34.6 Å². The maximum atomic E-state index is 14.2. The minimum absolute atomic E-state index is 0.0233. The Morgan fingerprint density at radius 1 is 1.30 bits per heavy atom. The molecule has 1 saturated carbocycles. The molecular formula is C24H32FN5O3. The van der Waals surface area contributed by atoms with E-state index in [4.69, 9.17) is 11.0 Å². The minimum Gasteiger partial charge on any atom is -0.372 e. The van der Waals surface area contributed by atoms with E-state index >= 15 is 0 Å². The first-order valence-electron chi connectivity index (χ1n) is 11.1. The topological polar surface area (TPSA) is 128 Å². The number of nitrogens with one attached hydrogen (secondary N) is 2. The van der Waals surface area contributed by atoms with Crippen LogP contribution in [0.3, 0.4) is 0 Å². The summed E-state index contributed by atoms with van der Waals surface area (Å²) in [5.74, 6) is -1.80. The lowest BCUT2D eigenvalue weighted by Gasteiger charge is -2.37. The van der Waals surface area contributed by atoms with Gasteiger partial charge in [0.05, 0.1) is 17.3 Å². The van der Waals surface area contributed by atoms with E-state index in [0.29, 0.717) is 6.54 Å². The first-order valence-corrected chi connectivity index (χ1v) is 11.1. The second kappa shape index (κ2) is 8.32. The van der Waals surface area contributed by atoms with E-state index in [1.807, 2.05) is 26.8 Å². The van der Waals surface area contributed by atoms with Crippen LogP contribution >= 0.6 is 0 Å². The molecule has 1 aliphatic carbocycles.